The Bertz CT molecular complexity index is 398. The van der Waals surface area contributed by atoms with E-state index >= 15 is 0 Å². The zero-order valence-electron chi connectivity index (χ0n) is 7.32. The summed E-state index contributed by atoms with van der Waals surface area (Å²) < 4.78 is 0. The van der Waals surface area contributed by atoms with Crippen LogP contribution in [0.15, 0.2) is 40.9 Å². The second kappa shape index (κ2) is 3.66. The highest BCUT2D eigenvalue weighted by molar-refractivity contribution is 8.02. The van der Waals surface area contributed by atoms with Gasteiger partial charge in [-0.05, 0) is 24.5 Å². The molecule has 0 fully saturated rings. The molecule has 13 heavy (non-hydrogen) atoms. The van der Waals surface area contributed by atoms with Gasteiger partial charge >= 0.3 is 0 Å². The van der Waals surface area contributed by atoms with Crippen LogP contribution in [-0.2, 0) is 0 Å². The Balaban J connectivity index is 2.38. The van der Waals surface area contributed by atoms with Crippen molar-refractivity contribution in [3.05, 3.63) is 35.7 Å². The highest BCUT2D eigenvalue weighted by Crippen LogP contribution is 2.19. The summed E-state index contributed by atoms with van der Waals surface area (Å²) in [6.45, 7) is 2.00. The largest absolute Gasteiger partial charge is 0.333 e. The first-order valence-electron chi connectivity index (χ1n) is 4.13. The molecule has 0 aliphatic rings. The first-order chi connectivity index (χ1) is 6.40. The van der Waals surface area contributed by atoms with E-state index in [1.807, 2.05) is 42.7 Å². The normalized spacial score (nSPS) is 11.5. The van der Waals surface area contributed by atoms with Gasteiger partial charge in [-0.3, -0.25) is 0 Å². The minimum atomic E-state index is 0.944. The lowest BCUT2D eigenvalue weighted by molar-refractivity contribution is 1.09. The van der Waals surface area contributed by atoms with Crippen molar-refractivity contribution in [1.82, 2.24) is 9.97 Å². The van der Waals surface area contributed by atoms with Crippen LogP contribution >= 0.6 is 11.8 Å². The first kappa shape index (κ1) is 8.38. The number of fused-ring (bicyclic) bond motifs is 1. The summed E-state index contributed by atoms with van der Waals surface area (Å²) in [4.78, 5) is 7.64. The van der Waals surface area contributed by atoms with Crippen molar-refractivity contribution in [2.24, 2.45) is 0 Å². The van der Waals surface area contributed by atoms with Crippen LogP contribution in [0.3, 0.4) is 0 Å². The molecular formula is C10H10N2S. The molecule has 0 aliphatic heterocycles. The number of H-pyrrole nitrogens is 1. The highest BCUT2D eigenvalue weighted by atomic mass is 32.2. The van der Waals surface area contributed by atoms with Gasteiger partial charge in [-0.15, -0.1) is 0 Å². The number of nitrogens with one attached hydrogen (secondary N) is 1. The minimum absolute atomic E-state index is 0.944. The predicted molar refractivity (Wildman–Crippen MR) is 56.8 cm³/mol. The fraction of sp³-hybridized carbons (Fsp3) is 0.100. The van der Waals surface area contributed by atoms with Crippen LogP contribution in [0.2, 0.25) is 0 Å². The molecule has 2 aromatic rings. The van der Waals surface area contributed by atoms with E-state index in [9.17, 15) is 0 Å². The second-order valence-electron chi connectivity index (χ2n) is 2.65. The highest BCUT2D eigenvalue weighted by Gasteiger charge is 1.99. The second-order valence-corrected chi connectivity index (χ2v) is 3.54. The number of hydrogen-bond donors (Lipinski definition) is 1. The van der Waals surface area contributed by atoms with E-state index in [4.69, 9.17) is 0 Å². The third kappa shape index (κ3) is 1.75. The van der Waals surface area contributed by atoms with Gasteiger partial charge in [0, 0.05) is 0 Å². The summed E-state index contributed by atoms with van der Waals surface area (Å²) in [6.07, 6.45) is 2.00. The Morgan fingerprint density at radius 3 is 3.00 bits per heavy atom. The minimum Gasteiger partial charge on any atom is -0.333 e. The molecule has 1 aromatic carbocycles. The summed E-state index contributed by atoms with van der Waals surface area (Å²) in [5, 5.41) is 2.96. The molecule has 0 amide bonds. The number of hydrogen-bond acceptors (Lipinski definition) is 2. The van der Waals surface area contributed by atoms with Gasteiger partial charge in [0.25, 0.3) is 0 Å². The molecule has 0 saturated heterocycles. The maximum absolute atomic E-state index is 4.41. The number of aromatic amines is 1. The summed E-state index contributed by atoms with van der Waals surface area (Å²) in [7, 11) is 0. The number of nitrogens with zero attached hydrogens (tertiary/aromatic N) is 1. The fourth-order valence-electron chi connectivity index (χ4n) is 1.12. The van der Waals surface area contributed by atoms with E-state index in [0.29, 0.717) is 0 Å². The Hall–Kier alpha value is -1.22. The van der Waals surface area contributed by atoms with E-state index in [1.165, 1.54) is 0 Å². The summed E-state index contributed by atoms with van der Waals surface area (Å²) >= 11 is 1.60. The number of aromatic nitrogens is 2. The molecule has 0 unspecified atom stereocenters. The SMILES string of the molecule is C/C=C/Sc1nc2ccccc2[nH]1. The van der Waals surface area contributed by atoms with Gasteiger partial charge < -0.3 is 4.98 Å². The lowest BCUT2D eigenvalue weighted by atomic mass is 10.3. The van der Waals surface area contributed by atoms with Crippen molar-refractivity contribution < 1.29 is 0 Å². The Morgan fingerprint density at radius 1 is 1.38 bits per heavy atom. The lowest BCUT2D eigenvalue weighted by Gasteiger charge is -1.84. The molecule has 0 bridgehead atoms. The third-order valence-electron chi connectivity index (χ3n) is 1.68. The summed E-state index contributed by atoms with van der Waals surface area (Å²) in [5.74, 6) is 0. The smallest absolute Gasteiger partial charge is 0.170 e. The number of benzene rings is 1. The number of rotatable bonds is 2. The maximum atomic E-state index is 4.41. The molecule has 1 heterocycles. The zero-order valence-corrected chi connectivity index (χ0v) is 8.14. The molecule has 0 spiro atoms. The van der Waals surface area contributed by atoms with Crippen LogP contribution in [0.1, 0.15) is 6.92 Å². The Morgan fingerprint density at radius 2 is 2.23 bits per heavy atom. The van der Waals surface area contributed by atoms with Crippen LogP contribution in [-0.4, -0.2) is 9.97 Å². The standard InChI is InChI=1S/C10H10N2S/c1-2-7-13-10-11-8-5-3-4-6-9(8)12-10/h2-7H,1H3,(H,11,12)/b7-2+. The van der Waals surface area contributed by atoms with E-state index in [1.54, 1.807) is 11.8 Å². The average molecular weight is 190 g/mol. The summed E-state index contributed by atoms with van der Waals surface area (Å²) in [5.41, 5.74) is 2.11. The van der Waals surface area contributed by atoms with Crippen LogP contribution in [0.25, 0.3) is 11.0 Å². The van der Waals surface area contributed by atoms with E-state index in [-0.39, 0.29) is 0 Å². The summed E-state index contributed by atoms with van der Waals surface area (Å²) in [6, 6.07) is 8.03. The van der Waals surface area contributed by atoms with Gasteiger partial charge in [-0.25, -0.2) is 4.98 Å². The van der Waals surface area contributed by atoms with Crippen molar-refractivity contribution in [1.29, 1.82) is 0 Å². The van der Waals surface area contributed by atoms with Gasteiger partial charge in [0.15, 0.2) is 5.16 Å². The van der Waals surface area contributed by atoms with Gasteiger partial charge in [-0.2, -0.15) is 0 Å². The zero-order chi connectivity index (χ0) is 9.10. The van der Waals surface area contributed by atoms with Crippen LogP contribution in [0.5, 0.6) is 0 Å². The van der Waals surface area contributed by atoms with E-state index < -0.39 is 0 Å². The van der Waals surface area contributed by atoms with E-state index in [2.05, 4.69) is 9.97 Å². The predicted octanol–water partition coefficient (Wildman–Crippen LogP) is 3.19. The Kier molecular flexibility index (Phi) is 2.36. The molecule has 0 aliphatic carbocycles. The number of para-hydroxylation sites is 2. The lowest BCUT2D eigenvalue weighted by Crippen LogP contribution is -1.67. The molecule has 3 heteroatoms. The third-order valence-corrected chi connectivity index (χ3v) is 2.51. The quantitative estimate of drug-likeness (QED) is 0.737. The van der Waals surface area contributed by atoms with Gasteiger partial charge in [0.2, 0.25) is 0 Å². The Labute approximate surface area is 81.1 Å². The van der Waals surface area contributed by atoms with Crippen LogP contribution in [0.4, 0.5) is 0 Å². The van der Waals surface area contributed by atoms with Gasteiger partial charge in [-0.1, -0.05) is 30.0 Å². The monoisotopic (exact) mass is 190 g/mol. The molecule has 0 atom stereocenters. The average Bonchev–Trinajstić information content (AvgIpc) is 2.57. The van der Waals surface area contributed by atoms with Crippen molar-refractivity contribution >= 4 is 22.8 Å². The molecule has 0 radical (unpaired) electrons. The van der Waals surface area contributed by atoms with E-state index in [0.717, 1.165) is 16.2 Å². The van der Waals surface area contributed by atoms with Crippen molar-refractivity contribution in [3.63, 3.8) is 0 Å². The topological polar surface area (TPSA) is 28.7 Å². The molecule has 1 N–H and O–H groups in total. The molecular weight excluding hydrogens is 180 g/mol. The number of imidazole rings is 1. The van der Waals surface area contributed by atoms with Gasteiger partial charge in [0.1, 0.15) is 0 Å². The number of thioether (sulfide) groups is 1. The first-order valence-corrected chi connectivity index (χ1v) is 5.00. The van der Waals surface area contributed by atoms with Crippen LogP contribution in [0, 0.1) is 0 Å². The molecule has 2 rings (SSSR count). The molecule has 66 valence electrons. The van der Waals surface area contributed by atoms with Crippen molar-refractivity contribution in [2.45, 2.75) is 12.1 Å². The molecule has 2 nitrogen and oxygen atoms in total. The maximum Gasteiger partial charge on any atom is 0.170 e. The molecule has 1 aromatic heterocycles. The molecule has 0 saturated carbocycles. The fourth-order valence-corrected chi connectivity index (χ4v) is 1.70. The number of allylic oxidation sites excluding steroid dienone is 1. The van der Waals surface area contributed by atoms with Crippen LogP contribution < -0.4 is 0 Å². The van der Waals surface area contributed by atoms with Crippen molar-refractivity contribution in [2.75, 3.05) is 0 Å². The van der Waals surface area contributed by atoms with Gasteiger partial charge in [0.05, 0.1) is 11.0 Å². The van der Waals surface area contributed by atoms with Crippen molar-refractivity contribution in [3.8, 4) is 0 Å².